The van der Waals surface area contributed by atoms with E-state index in [1.54, 1.807) is 7.11 Å². The Hall–Kier alpha value is -1.07. The van der Waals surface area contributed by atoms with Crippen LogP contribution in [0, 0.1) is 0 Å². The van der Waals surface area contributed by atoms with E-state index in [1.807, 2.05) is 12.4 Å². The van der Waals surface area contributed by atoms with Crippen LogP contribution < -0.4 is 5.32 Å². The lowest BCUT2D eigenvalue weighted by atomic mass is 10.4. The molecule has 0 aromatic carbocycles. The Morgan fingerprint density at radius 2 is 2.24 bits per heavy atom. The average Bonchev–Trinajstić information content (AvgIpc) is 2.72. The van der Waals surface area contributed by atoms with Gasteiger partial charge in [0.25, 0.3) is 0 Å². The molecule has 0 radical (unpaired) electrons. The van der Waals surface area contributed by atoms with Gasteiger partial charge in [-0.1, -0.05) is 0 Å². The highest BCUT2D eigenvalue weighted by atomic mass is 16.5. The summed E-state index contributed by atoms with van der Waals surface area (Å²) in [5, 5.41) is 3.32. The number of methoxy groups -OCH3 is 1. The van der Waals surface area contributed by atoms with E-state index in [-0.39, 0.29) is 0 Å². The lowest BCUT2D eigenvalue weighted by Crippen LogP contribution is -2.16. The second kappa shape index (κ2) is 8.08. The first-order chi connectivity index (χ1) is 8.24. The summed E-state index contributed by atoms with van der Waals surface area (Å²) in [5.41, 5.74) is 0. The van der Waals surface area contributed by atoms with Crippen LogP contribution in [0.5, 0.6) is 0 Å². The summed E-state index contributed by atoms with van der Waals surface area (Å²) in [6.45, 7) is 3.79. The van der Waals surface area contributed by atoms with Gasteiger partial charge in [0, 0.05) is 39.2 Å². The summed E-state index contributed by atoms with van der Waals surface area (Å²) < 4.78 is 7.17. The van der Waals surface area contributed by atoms with Crippen molar-refractivity contribution in [3.8, 4) is 0 Å². The molecule has 0 amide bonds. The average molecular weight is 240 g/mol. The second-order valence-corrected chi connectivity index (χ2v) is 4.37. The molecule has 0 aliphatic carbocycles. The maximum Gasteiger partial charge on any atom is 0.202 e. The van der Waals surface area contributed by atoms with Crippen molar-refractivity contribution in [2.75, 3.05) is 46.2 Å². The first-order valence-electron chi connectivity index (χ1n) is 6.12. The third kappa shape index (κ3) is 5.70. The number of aryl methyl sites for hydroxylation is 1. The number of imidazole rings is 1. The van der Waals surface area contributed by atoms with Gasteiger partial charge in [0.2, 0.25) is 5.95 Å². The molecule has 5 heteroatoms. The zero-order chi connectivity index (χ0) is 12.5. The standard InChI is InChI=1S/C12H24N4O/c1-15(2)8-5-9-16-10-7-14-12(16)13-6-4-11-17-3/h7,10H,4-6,8-9,11H2,1-3H3,(H,13,14). The number of nitrogens with zero attached hydrogens (tertiary/aromatic N) is 3. The topological polar surface area (TPSA) is 42.3 Å². The SMILES string of the molecule is COCCCNc1nccn1CCCN(C)C. The summed E-state index contributed by atoms with van der Waals surface area (Å²) in [5.74, 6) is 0.958. The Labute approximate surface area is 104 Å². The van der Waals surface area contributed by atoms with Crippen molar-refractivity contribution in [1.82, 2.24) is 14.5 Å². The summed E-state index contributed by atoms with van der Waals surface area (Å²) >= 11 is 0. The molecule has 0 aliphatic rings. The largest absolute Gasteiger partial charge is 0.385 e. The lowest BCUT2D eigenvalue weighted by molar-refractivity contribution is 0.197. The summed E-state index contributed by atoms with van der Waals surface area (Å²) in [4.78, 5) is 6.51. The first-order valence-corrected chi connectivity index (χ1v) is 6.12. The van der Waals surface area contributed by atoms with E-state index in [9.17, 15) is 0 Å². The first kappa shape index (κ1) is 14.0. The van der Waals surface area contributed by atoms with E-state index in [2.05, 4.69) is 33.9 Å². The Kier molecular flexibility index (Phi) is 6.65. The van der Waals surface area contributed by atoms with Gasteiger partial charge in [0.1, 0.15) is 0 Å². The van der Waals surface area contributed by atoms with E-state index >= 15 is 0 Å². The number of rotatable bonds is 9. The smallest absolute Gasteiger partial charge is 0.202 e. The minimum Gasteiger partial charge on any atom is -0.385 e. The molecule has 0 aliphatic heterocycles. The zero-order valence-electron chi connectivity index (χ0n) is 11.1. The molecule has 0 saturated carbocycles. The van der Waals surface area contributed by atoms with Crippen LogP contribution in [0.1, 0.15) is 12.8 Å². The quantitative estimate of drug-likeness (QED) is 0.660. The van der Waals surface area contributed by atoms with E-state index in [1.165, 1.54) is 0 Å². The number of hydrogen-bond acceptors (Lipinski definition) is 4. The lowest BCUT2D eigenvalue weighted by Gasteiger charge is -2.12. The maximum atomic E-state index is 5.01. The summed E-state index contributed by atoms with van der Waals surface area (Å²) in [6.07, 6.45) is 6.00. The number of anilines is 1. The van der Waals surface area contributed by atoms with Crippen molar-refractivity contribution < 1.29 is 4.74 Å². The van der Waals surface area contributed by atoms with Gasteiger partial charge in [-0.3, -0.25) is 0 Å². The van der Waals surface area contributed by atoms with Crippen molar-refractivity contribution in [1.29, 1.82) is 0 Å². The van der Waals surface area contributed by atoms with Crippen LogP contribution in [0.2, 0.25) is 0 Å². The molecular weight excluding hydrogens is 216 g/mol. The van der Waals surface area contributed by atoms with Crippen LogP contribution in [-0.4, -0.2) is 55.4 Å². The molecule has 1 aromatic heterocycles. The van der Waals surface area contributed by atoms with Gasteiger partial charge in [-0.15, -0.1) is 0 Å². The van der Waals surface area contributed by atoms with Gasteiger partial charge < -0.3 is 19.5 Å². The maximum absolute atomic E-state index is 5.01. The molecule has 1 rings (SSSR count). The minimum atomic E-state index is 0.786. The Balaban J connectivity index is 2.27. The Morgan fingerprint density at radius 3 is 2.94 bits per heavy atom. The van der Waals surface area contributed by atoms with Crippen LogP contribution in [0.3, 0.4) is 0 Å². The summed E-state index contributed by atoms with van der Waals surface area (Å²) in [6, 6.07) is 0. The monoisotopic (exact) mass is 240 g/mol. The van der Waals surface area contributed by atoms with Crippen molar-refractivity contribution in [2.24, 2.45) is 0 Å². The number of hydrogen-bond donors (Lipinski definition) is 1. The van der Waals surface area contributed by atoms with E-state index in [0.717, 1.165) is 45.0 Å². The normalized spacial score (nSPS) is 11.1. The fourth-order valence-corrected chi connectivity index (χ4v) is 1.63. The Morgan fingerprint density at radius 1 is 1.41 bits per heavy atom. The molecule has 0 spiro atoms. The third-order valence-corrected chi connectivity index (χ3v) is 2.53. The van der Waals surface area contributed by atoms with Crippen LogP contribution in [-0.2, 0) is 11.3 Å². The van der Waals surface area contributed by atoms with Crippen molar-refractivity contribution >= 4 is 5.95 Å². The van der Waals surface area contributed by atoms with Crippen LogP contribution in [0.25, 0.3) is 0 Å². The van der Waals surface area contributed by atoms with E-state index in [4.69, 9.17) is 4.74 Å². The molecule has 1 heterocycles. The molecule has 1 aromatic rings. The molecular formula is C12H24N4O. The van der Waals surface area contributed by atoms with Crippen molar-refractivity contribution in [3.05, 3.63) is 12.4 Å². The minimum absolute atomic E-state index is 0.786. The number of ether oxygens (including phenoxy) is 1. The molecule has 0 fully saturated rings. The van der Waals surface area contributed by atoms with Crippen molar-refractivity contribution in [3.63, 3.8) is 0 Å². The highest BCUT2D eigenvalue weighted by Crippen LogP contribution is 2.05. The van der Waals surface area contributed by atoms with Gasteiger partial charge in [-0.2, -0.15) is 0 Å². The molecule has 0 atom stereocenters. The molecule has 98 valence electrons. The molecule has 5 nitrogen and oxygen atoms in total. The van der Waals surface area contributed by atoms with Gasteiger partial charge in [0.15, 0.2) is 0 Å². The van der Waals surface area contributed by atoms with E-state index in [0.29, 0.717) is 0 Å². The highest BCUT2D eigenvalue weighted by molar-refractivity contribution is 5.25. The van der Waals surface area contributed by atoms with Crippen molar-refractivity contribution in [2.45, 2.75) is 19.4 Å². The molecule has 1 N–H and O–H groups in total. The molecule has 0 bridgehead atoms. The van der Waals surface area contributed by atoms with Crippen LogP contribution >= 0.6 is 0 Å². The third-order valence-electron chi connectivity index (χ3n) is 2.53. The van der Waals surface area contributed by atoms with Gasteiger partial charge in [-0.05, 0) is 33.5 Å². The fourth-order valence-electron chi connectivity index (χ4n) is 1.63. The predicted molar refractivity (Wildman–Crippen MR) is 70.4 cm³/mol. The molecule has 17 heavy (non-hydrogen) atoms. The van der Waals surface area contributed by atoms with Crippen LogP contribution in [0.4, 0.5) is 5.95 Å². The second-order valence-electron chi connectivity index (χ2n) is 4.37. The van der Waals surface area contributed by atoms with Gasteiger partial charge in [-0.25, -0.2) is 4.98 Å². The number of nitrogens with one attached hydrogen (secondary N) is 1. The van der Waals surface area contributed by atoms with Crippen LogP contribution in [0.15, 0.2) is 12.4 Å². The number of aromatic nitrogens is 2. The molecule has 0 saturated heterocycles. The van der Waals surface area contributed by atoms with Gasteiger partial charge in [0.05, 0.1) is 0 Å². The fraction of sp³-hybridized carbons (Fsp3) is 0.750. The van der Waals surface area contributed by atoms with E-state index < -0.39 is 0 Å². The molecule has 0 unspecified atom stereocenters. The highest BCUT2D eigenvalue weighted by Gasteiger charge is 2.01. The Bertz CT molecular complexity index is 298. The zero-order valence-corrected chi connectivity index (χ0v) is 11.1. The summed E-state index contributed by atoms with van der Waals surface area (Å²) in [7, 11) is 5.91. The predicted octanol–water partition coefficient (Wildman–Crippen LogP) is 1.28. The van der Waals surface area contributed by atoms with Gasteiger partial charge >= 0.3 is 0 Å².